The van der Waals surface area contributed by atoms with Gasteiger partial charge in [0.25, 0.3) is 30.8 Å². The molecule has 65 heavy (non-hydrogen) atoms. The van der Waals surface area contributed by atoms with E-state index < -0.39 is 40.7 Å². The van der Waals surface area contributed by atoms with Crippen LogP contribution in [0.15, 0.2) is 121 Å². The van der Waals surface area contributed by atoms with Crippen molar-refractivity contribution < 1.29 is 33.6 Å². The van der Waals surface area contributed by atoms with E-state index in [0.717, 1.165) is 0 Å². The number of halogens is 2. The summed E-state index contributed by atoms with van der Waals surface area (Å²) in [4.78, 5) is 0. The van der Waals surface area contributed by atoms with Gasteiger partial charge in [-0.1, -0.05) is 177 Å². The van der Waals surface area contributed by atoms with E-state index in [9.17, 15) is 15.3 Å². The first-order valence-electron chi connectivity index (χ1n) is 23.4. The van der Waals surface area contributed by atoms with Gasteiger partial charge < -0.3 is 33.6 Å². The molecule has 0 bridgehead atoms. The molecule has 2 aliphatic carbocycles. The Balaban J connectivity index is 0.000000251. The van der Waals surface area contributed by atoms with Crippen LogP contribution in [0.25, 0.3) is 0 Å². The lowest BCUT2D eigenvalue weighted by molar-refractivity contribution is -0.176. The lowest BCUT2D eigenvalue weighted by atomic mass is 9.87. The fraction of sp³-hybridized carbons (Fsp3) is 0.547. The van der Waals surface area contributed by atoms with Crippen LogP contribution in [0.2, 0.25) is 27.4 Å². The topological polar surface area (TPSA) is 97.6 Å². The number of aliphatic hydroxyl groups is 3. The van der Waals surface area contributed by atoms with Crippen molar-refractivity contribution in [3.05, 3.63) is 121 Å². The van der Waals surface area contributed by atoms with Crippen LogP contribution in [-0.4, -0.2) is 101 Å². The maximum Gasteiger partial charge on any atom is 0.261 e. The third-order valence-electron chi connectivity index (χ3n) is 13.1. The molecule has 12 heteroatoms. The number of alkyl halides is 2. The van der Waals surface area contributed by atoms with Crippen LogP contribution in [0, 0.1) is 17.3 Å². The van der Waals surface area contributed by atoms with E-state index in [2.05, 4.69) is 175 Å². The predicted octanol–water partition coefficient (Wildman–Crippen LogP) is 9.59. The lowest BCUT2D eigenvalue weighted by Crippen LogP contribution is -2.67. The van der Waals surface area contributed by atoms with Crippen molar-refractivity contribution >= 4 is 74.7 Å². The number of benzene rings is 4. The fourth-order valence-corrected chi connectivity index (χ4v) is 19.3. The van der Waals surface area contributed by atoms with E-state index in [-0.39, 0.29) is 59.0 Å². The Morgan fingerprint density at radius 3 is 1.31 bits per heavy atom. The average Bonchev–Trinajstić information content (AvgIpc) is 3.80. The largest absolute Gasteiger partial charge is 0.407 e. The van der Waals surface area contributed by atoms with E-state index in [0.29, 0.717) is 26.1 Å². The van der Waals surface area contributed by atoms with Crippen LogP contribution in [0.3, 0.4) is 0 Å². The Morgan fingerprint density at radius 1 is 0.631 bits per heavy atom. The van der Waals surface area contributed by atoms with Gasteiger partial charge in [0.2, 0.25) is 0 Å². The minimum atomic E-state index is -2.64. The molecule has 1 saturated heterocycles. The van der Waals surface area contributed by atoms with Crippen molar-refractivity contribution in [1.82, 2.24) is 0 Å². The average molecular weight is 982 g/mol. The highest BCUT2D eigenvalue weighted by Crippen LogP contribution is 2.50. The van der Waals surface area contributed by atoms with E-state index in [1.807, 2.05) is 32.9 Å². The minimum Gasteiger partial charge on any atom is -0.407 e. The van der Waals surface area contributed by atoms with Crippen molar-refractivity contribution in [2.45, 2.75) is 146 Å². The van der Waals surface area contributed by atoms with Crippen molar-refractivity contribution in [3.8, 4) is 0 Å². The standard InChI is InChI=1S/C26H36O4Si.C23H32O3Si.CH2Cl2.3CH3.Al/c1-24(2,3)31(19-13-9-7-10-14-19,20-15-11-8-12-16-20)28-18-26(6)17-21(27)22-23(26)30-25(4,5)29-22;1-17-18(15-21(24)22(17)25)16-26-27(23(2,3)4,19-11-7-5-8-12-19)20-13-9-6-10-14-20;2-1-3;;;;/h7-16,21-23,27H,17-18H2,1-6H3;5-14,17-18,21-22,24-25H,15-16H2,1-4H3;1H2;3*1H3;/t21-,22+,23?,26-;17?,18-,21-,22-;;;;;/m00...../s1. The molecule has 1 heterocycles. The summed E-state index contributed by atoms with van der Waals surface area (Å²) in [6.07, 6.45) is -1.12. The second kappa shape index (κ2) is 23.6. The number of hydrogen-bond donors (Lipinski definition) is 3. The summed E-state index contributed by atoms with van der Waals surface area (Å²) in [5.41, 5.74) is -0.328. The smallest absolute Gasteiger partial charge is 0.261 e. The van der Waals surface area contributed by atoms with Gasteiger partial charge in [-0.05, 0) is 69.3 Å². The highest BCUT2D eigenvalue weighted by atomic mass is 35.5. The van der Waals surface area contributed by atoms with Gasteiger partial charge in [0.15, 0.2) is 5.79 Å². The van der Waals surface area contributed by atoms with Crippen molar-refractivity contribution in [2.75, 3.05) is 18.6 Å². The van der Waals surface area contributed by atoms with Gasteiger partial charge in [-0.2, -0.15) is 0 Å². The van der Waals surface area contributed by atoms with Crippen molar-refractivity contribution in [3.63, 3.8) is 0 Å². The van der Waals surface area contributed by atoms with Gasteiger partial charge in [-0.25, -0.2) is 0 Å². The molecule has 7 nitrogen and oxygen atoms in total. The SMILES string of the molecule is CC1(C)OC2[C@H](O1)[C@@H](O)C[C@@]2(C)CO[Si](c1ccccc1)(c1ccccc1)C(C)(C)C.CC1[C@H](CO[Si](c2ccccc2)(c2ccccc2)C(C)(C)C)C[C@H](O)[C@H]1O.ClCCl.[CH3][Al]([CH3])[CH3]. The maximum atomic E-state index is 10.7. The summed E-state index contributed by atoms with van der Waals surface area (Å²) in [6.45, 7) is 22.7. The minimum absolute atomic E-state index is 0.0400. The van der Waals surface area contributed by atoms with Crippen LogP contribution in [-0.2, 0) is 18.3 Å². The third kappa shape index (κ3) is 13.3. The molecular weight excluding hydrogens is 903 g/mol. The fourth-order valence-electron chi connectivity index (χ4n) is 10.0. The highest BCUT2D eigenvalue weighted by Gasteiger charge is 2.61. The maximum absolute atomic E-state index is 10.7. The molecule has 0 aromatic heterocycles. The molecule has 3 aliphatic rings. The Labute approximate surface area is 408 Å². The molecule has 2 unspecified atom stereocenters. The number of hydrogen-bond acceptors (Lipinski definition) is 7. The van der Waals surface area contributed by atoms with Crippen LogP contribution >= 0.6 is 23.2 Å². The number of ether oxygens (including phenoxy) is 2. The molecule has 0 amide bonds. The Morgan fingerprint density at radius 2 is 0.985 bits per heavy atom. The first-order chi connectivity index (χ1) is 30.4. The summed E-state index contributed by atoms with van der Waals surface area (Å²) in [7, 11) is -5.20. The molecule has 0 radical (unpaired) electrons. The molecule has 0 spiro atoms. The number of rotatable bonds is 10. The second-order valence-electron chi connectivity index (χ2n) is 21.6. The molecule has 8 atom stereocenters. The molecule has 4 aromatic carbocycles. The molecule has 3 fully saturated rings. The Hall–Kier alpha value is -1.85. The molecule has 2 saturated carbocycles. The van der Waals surface area contributed by atoms with Crippen LogP contribution < -0.4 is 20.7 Å². The van der Waals surface area contributed by atoms with E-state index in [1.54, 1.807) is 0 Å². The first-order valence-corrected chi connectivity index (χ1v) is 31.8. The van der Waals surface area contributed by atoms with Gasteiger partial charge in [0.1, 0.15) is 6.10 Å². The van der Waals surface area contributed by atoms with Crippen LogP contribution in [0.1, 0.15) is 82.1 Å². The zero-order valence-electron chi connectivity index (χ0n) is 41.4. The van der Waals surface area contributed by atoms with Crippen molar-refractivity contribution in [1.29, 1.82) is 0 Å². The van der Waals surface area contributed by atoms with Crippen molar-refractivity contribution in [2.24, 2.45) is 17.3 Å². The summed E-state index contributed by atoms with van der Waals surface area (Å²) < 4.78 is 26.4. The second-order valence-corrected chi connectivity index (χ2v) is 34.5. The normalized spacial score (nSPS) is 26.1. The Bertz CT molecular complexity index is 1900. The zero-order chi connectivity index (χ0) is 48.4. The quantitative estimate of drug-likeness (QED) is 0.108. The van der Waals surface area contributed by atoms with E-state index in [4.69, 9.17) is 41.5 Å². The van der Waals surface area contributed by atoms with Gasteiger partial charge >= 0.3 is 0 Å². The monoisotopic (exact) mass is 980 g/mol. The number of aliphatic hydroxyl groups excluding tert-OH is 3. The first kappa shape index (κ1) is 55.7. The van der Waals surface area contributed by atoms with Gasteiger partial charge in [0.05, 0.1) is 29.8 Å². The van der Waals surface area contributed by atoms with Gasteiger partial charge in [0, 0.05) is 18.6 Å². The molecule has 358 valence electrons. The lowest BCUT2D eigenvalue weighted by Gasteiger charge is -2.45. The third-order valence-corrected chi connectivity index (χ3v) is 23.0. The summed E-state index contributed by atoms with van der Waals surface area (Å²) >= 11 is 9.39. The number of fused-ring (bicyclic) bond motifs is 1. The molecule has 1 aliphatic heterocycles. The summed E-state index contributed by atoms with van der Waals surface area (Å²) in [5.74, 6) is 6.44. The molecule has 3 N–H and O–H groups in total. The highest BCUT2D eigenvalue weighted by molar-refractivity contribution is 7.00. The zero-order valence-corrected chi connectivity index (χ0v) is 46.1. The van der Waals surface area contributed by atoms with E-state index >= 15 is 0 Å². The van der Waals surface area contributed by atoms with Crippen LogP contribution in [0.4, 0.5) is 0 Å². The molecule has 4 aromatic rings. The molecule has 7 rings (SSSR count). The predicted molar refractivity (Wildman–Crippen MR) is 279 cm³/mol. The summed E-state index contributed by atoms with van der Waals surface area (Å²) in [5, 5.41) is 36.1. The van der Waals surface area contributed by atoms with E-state index in [1.165, 1.54) is 20.7 Å². The van der Waals surface area contributed by atoms with Gasteiger partial charge in [-0.3, -0.25) is 0 Å². The molecular formula is C53H79AlCl2O7Si2. The van der Waals surface area contributed by atoms with Crippen LogP contribution in [0.5, 0.6) is 0 Å². The van der Waals surface area contributed by atoms with Gasteiger partial charge in [-0.15, -0.1) is 40.6 Å². The Kier molecular flexibility index (Phi) is 20.3. The summed E-state index contributed by atoms with van der Waals surface area (Å²) in [6, 6.07) is 42.5.